The Bertz CT molecular complexity index is 1480. The molecule has 4 heterocycles. The molecular weight excluding hydrogens is 614 g/mol. The van der Waals surface area contributed by atoms with E-state index in [-0.39, 0.29) is 0 Å². The van der Waals surface area contributed by atoms with Crippen molar-refractivity contribution in [3.63, 3.8) is 0 Å². The van der Waals surface area contributed by atoms with Crippen LogP contribution in [0, 0.1) is 0 Å². The highest BCUT2D eigenvalue weighted by Gasteiger charge is 2.30. The van der Waals surface area contributed by atoms with Crippen molar-refractivity contribution in [3.8, 4) is 11.5 Å². The molecule has 1 aliphatic rings. The molecule has 9 nitrogen and oxygen atoms in total. The second-order valence-corrected chi connectivity index (χ2v) is 25.5. The third kappa shape index (κ3) is 7.79. The van der Waals surface area contributed by atoms with Crippen molar-refractivity contribution in [3.05, 3.63) is 58.3 Å². The Morgan fingerprint density at radius 1 is 0.927 bits per heavy atom. The van der Waals surface area contributed by atoms with Gasteiger partial charge in [-0.15, -0.1) is 0 Å². The zero-order chi connectivity index (χ0) is 29.2. The first-order valence-electron chi connectivity index (χ1n) is 14.3. The molecule has 3 aromatic heterocycles. The van der Waals surface area contributed by atoms with Gasteiger partial charge in [-0.05, 0) is 30.3 Å². The van der Waals surface area contributed by atoms with Gasteiger partial charge in [-0.2, -0.15) is 5.10 Å². The van der Waals surface area contributed by atoms with Crippen LogP contribution in [0.15, 0.2) is 41.3 Å². The maximum absolute atomic E-state index is 6.30. The monoisotopic (exact) mass is 655 g/mol. The van der Waals surface area contributed by atoms with Crippen LogP contribution < -0.4 is 0 Å². The van der Waals surface area contributed by atoms with E-state index in [2.05, 4.69) is 92.8 Å². The van der Waals surface area contributed by atoms with Gasteiger partial charge in [0.2, 0.25) is 0 Å². The lowest BCUT2D eigenvalue weighted by Gasteiger charge is -2.18. The summed E-state index contributed by atoms with van der Waals surface area (Å²) in [5.74, 6) is 0.857. The van der Waals surface area contributed by atoms with E-state index in [1.807, 2.05) is 10.9 Å². The van der Waals surface area contributed by atoms with Crippen molar-refractivity contribution < 1.29 is 9.47 Å². The third-order valence-corrected chi connectivity index (χ3v) is 11.2. The quantitative estimate of drug-likeness (QED) is 0.119. The fraction of sp³-hybridized carbons (Fsp3) is 0.517. The van der Waals surface area contributed by atoms with Crippen molar-refractivity contribution >= 4 is 43.0 Å². The molecule has 1 aliphatic heterocycles. The van der Waals surface area contributed by atoms with Crippen molar-refractivity contribution in [1.82, 2.24) is 34.2 Å². The fourth-order valence-corrected chi connectivity index (χ4v) is 6.73. The van der Waals surface area contributed by atoms with Gasteiger partial charge >= 0.3 is 0 Å². The SMILES string of the molecule is C[Si](C)(C)CCOCn1c(-c2nn(COCC[Si](C)(C)C)c3cc(Br)ccc23)nc2c1CN(Cc1cnccn1)C2. The average Bonchev–Trinajstić information content (AvgIpc) is 3.55. The molecule has 4 aromatic rings. The summed E-state index contributed by atoms with van der Waals surface area (Å²) in [4.78, 5) is 16.2. The summed E-state index contributed by atoms with van der Waals surface area (Å²) in [6.45, 7) is 18.9. The van der Waals surface area contributed by atoms with Crippen molar-refractivity contribution in [2.24, 2.45) is 0 Å². The molecule has 41 heavy (non-hydrogen) atoms. The number of ether oxygens (including phenoxy) is 2. The molecule has 0 N–H and O–H groups in total. The van der Waals surface area contributed by atoms with Gasteiger partial charge < -0.3 is 14.0 Å². The summed E-state index contributed by atoms with van der Waals surface area (Å²) in [5.41, 5.74) is 5.11. The number of benzene rings is 1. The van der Waals surface area contributed by atoms with Gasteiger partial charge in [0.1, 0.15) is 19.2 Å². The first-order chi connectivity index (χ1) is 19.5. The lowest BCUT2D eigenvalue weighted by molar-refractivity contribution is 0.0813. The molecule has 0 bridgehead atoms. The van der Waals surface area contributed by atoms with E-state index in [0.717, 1.165) is 83.2 Å². The van der Waals surface area contributed by atoms with Crippen LogP contribution in [0.4, 0.5) is 0 Å². The van der Waals surface area contributed by atoms with E-state index in [9.17, 15) is 0 Å². The minimum absolute atomic E-state index is 0.413. The van der Waals surface area contributed by atoms with Crippen LogP contribution in [0.1, 0.15) is 17.1 Å². The fourth-order valence-electron chi connectivity index (χ4n) is 4.87. The number of fused-ring (bicyclic) bond motifs is 2. The summed E-state index contributed by atoms with van der Waals surface area (Å²) < 4.78 is 17.6. The Kier molecular flexibility index (Phi) is 9.26. The molecule has 1 aromatic carbocycles. The second kappa shape index (κ2) is 12.6. The first-order valence-corrected chi connectivity index (χ1v) is 22.5. The zero-order valence-electron chi connectivity index (χ0n) is 25.2. The standard InChI is InChI=1S/C29H42BrN7O2Si2/c1-40(2,3)13-11-38-20-36-27-19-35(17-23-16-31-9-10-32-23)18-25(27)33-29(36)28-24-8-7-22(30)15-26(24)37(34-28)21-39-12-14-41(4,5)6/h7-10,15-16H,11-14,17-21H2,1-6H3. The molecule has 0 radical (unpaired) electrons. The normalized spacial score (nSPS) is 14.3. The van der Waals surface area contributed by atoms with Gasteiger partial charge in [-0.3, -0.25) is 14.9 Å². The smallest absolute Gasteiger partial charge is 0.163 e. The Morgan fingerprint density at radius 2 is 1.66 bits per heavy atom. The maximum atomic E-state index is 6.30. The highest BCUT2D eigenvalue weighted by molar-refractivity contribution is 9.10. The number of imidazole rings is 1. The van der Waals surface area contributed by atoms with Crippen molar-refractivity contribution in [2.45, 2.75) is 84.5 Å². The topological polar surface area (TPSA) is 83.1 Å². The summed E-state index contributed by atoms with van der Waals surface area (Å²) in [5, 5.41) is 6.14. The van der Waals surface area contributed by atoms with E-state index in [0.29, 0.717) is 13.5 Å². The molecule has 0 aliphatic carbocycles. The van der Waals surface area contributed by atoms with Crippen molar-refractivity contribution in [2.75, 3.05) is 13.2 Å². The van der Waals surface area contributed by atoms with Crippen LogP contribution in [-0.4, -0.2) is 63.6 Å². The molecule has 0 amide bonds. The molecule has 0 unspecified atom stereocenters. The van der Waals surface area contributed by atoms with Gasteiger partial charge in [0.05, 0.1) is 22.6 Å². The van der Waals surface area contributed by atoms with Crippen LogP contribution in [-0.2, 0) is 42.6 Å². The van der Waals surface area contributed by atoms with Gasteiger partial charge in [0.25, 0.3) is 0 Å². The highest BCUT2D eigenvalue weighted by atomic mass is 79.9. The predicted molar refractivity (Wildman–Crippen MR) is 172 cm³/mol. The first kappa shape index (κ1) is 30.2. The van der Waals surface area contributed by atoms with Gasteiger partial charge in [-0.25, -0.2) is 9.67 Å². The van der Waals surface area contributed by atoms with E-state index in [1.54, 1.807) is 12.4 Å². The molecular formula is C29H42BrN7O2Si2. The molecule has 220 valence electrons. The lowest BCUT2D eigenvalue weighted by atomic mass is 10.2. The number of halogens is 1. The Hall–Kier alpha value is -2.23. The number of hydrogen-bond donors (Lipinski definition) is 0. The zero-order valence-corrected chi connectivity index (χ0v) is 28.7. The second-order valence-electron chi connectivity index (χ2n) is 13.3. The Balaban J connectivity index is 1.44. The van der Waals surface area contributed by atoms with Crippen LogP contribution in [0.2, 0.25) is 51.4 Å². The summed E-state index contributed by atoms with van der Waals surface area (Å²) in [6, 6.07) is 8.55. The summed E-state index contributed by atoms with van der Waals surface area (Å²) in [7, 11) is -2.37. The van der Waals surface area contributed by atoms with Gasteiger partial charge in [0.15, 0.2) is 5.82 Å². The van der Waals surface area contributed by atoms with Crippen LogP contribution in [0.25, 0.3) is 22.4 Å². The minimum Gasteiger partial charge on any atom is -0.361 e. The van der Waals surface area contributed by atoms with E-state index in [4.69, 9.17) is 19.6 Å². The maximum Gasteiger partial charge on any atom is 0.163 e. The number of nitrogens with zero attached hydrogens (tertiary/aromatic N) is 7. The minimum atomic E-state index is -1.20. The third-order valence-electron chi connectivity index (χ3n) is 7.26. The number of hydrogen-bond acceptors (Lipinski definition) is 7. The van der Waals surface area contributed by atoms with E-state index >= 15 is 0 Å². The van der Waals surface area contributed by atoms with Crippen LogP contribution in [0.5, 0.6) is 0 Å². The average molecular weight is 657 g/mol. The van der Waals surface area contributed by atoms with Crippen molar-refractivity contribution in [1.29, 1.82) is 0 Å². The van der Waals surface area contributed by atoms with Crippen LogP contribution >= 0.6 is 15.9 Å². The largest absolute Gasteiger partial charge is 0.361 e. The Morgan fingerprint density at radius 3 is 2.34 bits per heavy atom. The Labute approximate surface area is 253 Å². The van der Waals surface area contributed by atoms with Crippen LogP contribution in [0.3, 0.4) is 0 Å². The highest BCUT2D eigenvalue weighted by Crippen LogP contribution is 2.34. The number of rotatable bonds is 13. The van der Waals surface area contributed by atoms with Gasteiger partial charge in [0, 0.05) is 77.4 Å². The molecule has 5 rings (SSSR count). The van der Waals surface area contributed by atoms with Gasteiger partial charge in [-0.1, -0.05) is 55.2 Å². The summed E-state index contributed by atoms with van der Waals surface area (Å²) in [6.07, 6.45) is 5.29. The molecule has 0 fully saturated rings. The molecule has 0 saturated carbocycles. The van der Waals surface area contributed by atoms with E-state index in [1.165, 1.54) is 5.69 Å². The molecule has 12 heteroatoms. The molecule has 0 atom stereocenters. The predicted octanol–water partition coefficient (Wildman–Crippen LogP) is 6.59. The summed E-state index contributed by atoms with van der Waals surface area (Å²) >= 11 is 3.65. The number of aromatic nitrogens is 6. The molecule has 0 saturated heterocycles. The molecule has 0 spiro atoms. The van der Waals surface area contributed by atoms with E-state index < -0.39 is 16.1 Å². The lowest BCUT2D eigenvalue weighted by Crippen LogP contribution is -2.22.